The van der Waals surface area contributed by atoms with Crippen molar-refractivity contribution in [2.45, 2.75) is 13.1 Å². The van der Waals surface area contributed by atoms with Crippen LogP contribution in [-0.2, 0) is 11.0 Å². The van der Waals surface area contributed by atoms with Crippen LogP contribution in [0, 0.1) is 6.92 Å². The molecule has 0 aliphatic heterocycles. The Kier molecular flexibility index (Phi) is 5.77. The maximum atomic E-state index is 13.1. The van der Waals surface area contributed by atoms with Crippen LogP contribution in [-0.4, -0.2) is 27.7 Å². The molecular weight excluding hydrogens is 419 g/mol. The normalized spacial score (nSPS) is 11.4. The first-order valence-corrected chi connectivity index (χ1v) is 9.70. The molecule has 0 spiro atoms. The second-order valence-electron chi connectivity index (χ2n) is 7.14. The second kappa shape index (κ2) is 8.66. The maximum absolute atomic E-state index is 13.1. The number of hydrogen-bond acceptors (Lipinski definition) is 4. The number of hydrogen-bond donors (Lipinski definition) is 0. The predicted octanol–water partition coefficient (Wildman–Crippen LogP) is 5.51. The predicted molar refractivity (Wildman–Crippen MR) is 114 cm³/mol. The van der Waals surface area contributed by atoms with E-state index in [0.29, 0.717) is 23.2 Å². The summed E-state index contributed by atoms with van der Waals surface area (Å²) in [5.41, 5.74) is 3.62. The van der Waals surface area contributed by atoms with Crippen LogP contribution in [0.1, 0.15) is 11.1 Å². The van der Waals surface area contributed by atoms with E-state index in [4.69, 9.17) is 4.74 Å². The molecule has 0 fully saturated rings. The van der Waals surface area contributed by atoms with Crippen LogP contribution in [0.4, 0.5) is 13.2 Å². The van der Waals surface area contributed by atoms with Gasteiger partial charge < -0.3 is 4.74 Å². The first kappa shape index (κ1) is 21.3. The standard InChI is InChI=1S/C24H18F3N3O2/c1-16-5-6-18(17-3-2-4-21(9-17)24(25,26)27)11-23(16)30-15-20(13-29-30)19-10-22(14-28-12-19)32-8-7-31/h2-7,9-15H,8H2,1H3. The molecule has 4 rings (SSSR count). The Morgan fingerprint density at radius 3 is 2.56 bits per heavy atom. The Morgan fingerprint density at radius 1 is 0.969 bits per heavy atom. The third kappa shape index (κ3) is 4.54. The molecule has 0 saturated carbocycles. The van der Waals surface area contributed by atoms with Crippen LogP contribution in [0.25, 0.3) is 27.9 Å². The van der Waals surface area contributed by atoms with Crippen LogP contribution >= 0.6 is 0 Å². The number of aldehydes is 1. The number of aromatic nitrogens is 3. The van der Waals surface area contributed by atoms with Gasteiger partial charge in [-0.1, -0.05) is 24.3 Å². The molecule has 0 radical (unpaired) electrons. The number of carbonyl (C=O) groups excluding carboxylic acids is 1. The van der Waals surface area contributed by atoms with Gasteiger partial charge in [-0.25, -0.2) is 4.68 Å². The minimum atomic E-state index is -4.40. The van der Waals surface area contributed by atoms with E-state index in [1.165, 1.54) is 12.3 Å². The van der Waals surface area contributed by atoms with Gasteiger partial charge in [0.05, 0.1) is 23.6 Å². The molecule has 2 heterocycles. The highest BCUT2D eigenvalue weighted by Crippen LogP contribution is 2.33. The minimum Gasteiger partial charge on any atom is -0.485 e. The average Bonchev–Trinajstić information content (AvgIpc) is 3.28. The lowest BCUT2D eigenvalue weighted by atomic mass is 10.0. The summed E-state index contributed by atoms with van der Waals surface area (Å²) in [5.74, 6) is 0.463. The summed E-state index contributed by atoms with van der Waals surface area (Å²) in [4.78, 5) is 14.6. The van der Waals surface area contributed by atoms with E-state index >= 15 is 0 Å². The molecule has 0 unspecified atom stereocenters. The lowest BCUT2D eigenvalue weighted by Crippen LogP contribution is -2.04. The first-order chi connectivity index (χ1) is 15.3. The molecule has 162 valence electrons. The highest BCUT2D eigenvalue weighted by Gasteiger charge is 2.30. The zero-order valence-corrected chi connectivity index (χ0v) is 17.0. The zero-order chi connectivity index (χ0) is 22.7. The summed E-state index contributed by atoms with van der Waals surface area (Å²) >= 11 is 0. The Labute approximate surface area is 182 Å². The van der Waals surface area contributed by atoms with Gasteiger partial charge in [0.2, 0.25) is 0 Å². The fourth-order valence-corrected chi connectivity index (χ4v) is 3.30. The summed E-state index contributed by atoms with van der Waals surface area (Å²) < 4.78 is 46.3. The number of aryl methyl sites for hydroxylation is 1. The molecule has 8 heteroatoms. The first-order valence-electron chi connectivity index (χ1n) is 9.70. The van der Waals surface area contributed by atoms with Gasteiger partial charge in [0.1, 0.15) is 12.4 Å². The van der Waals surface area contributed by atoms with Gasteiger partial charge in [-0.05, 0) is 47.9 Å². The van der Waals surface area contributed by atoms with Gasteiger partial charge in [0.15, 0.2) is 6.29 Å². The highest BCUT2D eigenvalue weighted by molar-refractivity contribution is 5.69. The smallest absolute Gasteiger partial charge is 0.416 e. The molecule has 5 nitrogen and oxygen atoms in total. The van der Waals surface area contributed by atoms with E-state index in [2.05, 4.69) is 10.1 Å². The van der Waals surface area contributed by atoms with Crippen molar-refractivity contribution in [1.29, 1.82) is 0 Å². The summed E-state index contributed by atoms with van der Waals surface area (Å²) in [6.07, 6.45) is 2.89. The zero-order valence-electron chi connectivity index (χ0n) is 17.0. The average molecular weight is 437 g/mol. The van der Waals surface area contributed by atoms with Gasteiger partial charge in [-0.15, -0.1) is 0 Å². The minimum absolute atomic E-state index is 0.0636. The van der Waals surface area contributed by atoms with Crippen molar-refractivity contribution in [3.63, 3.8) is 0 Å². The van der Waals surface area contributed by atoms with E-state index in [9.17, 15) is 18.0 Å². The number of pyridine rings is 1. The van der Waals surface area contributed by atoms with Crippen LogP contribution in [0.5, 0.6) is 5.75 Å². The van der Waals surface area contributed by atoms with Crippen molar-refractivity contribution in [2.24, 2.45) is 0 Å². The number of rotatable bonds is 6. The molecule has 2 aromatic carbocycles. The maximum Gasteiger partial charge on any atom is 0.416 e. The number of ether oxygens (including phenoxy) is 1. The van der Waals surface area contributed by atoms with Crippen LogP contribution in [0.2, 0.25) is 0 Å². The fraction of sp³-hybridized carbons (Fsp3) is 0.125. The van der Waals surface area contributed by atoms with Gasteiger partial charge in [-0.2, -0.15) is 18.3 Å². The molecule has 0 saturated heterocycles. The molecular formula is C24H18F3N3O2. The van der Waals surface area contributed by atoms with Crippen LogP contribution < -0.4 is 4.74 Å². The van der Waals surface area contributed by atoms with Crippen molar-refractivity contribution in [3.8, 4) is 33.7 Å². The van der Waals surface area contributed by atoms with Gasteiger partial charge in [-0.3, -0.25) is 9.78 Å². The second-order valence-corrected chi connectivity index (χ2v) is 7.14. The number of benzene rings is 2. The summed E-state index contributed by atoms with van der Waals surface area (Å²) in [6, 6.07) is 12.4. The number of halogens is 3. The highest BCUT2D eigenvalue weighted by atomic mass is 19.4. The summed E-state index contributed by atoms with van der Waals surface area (Å²) in [6.45, 7) is 1.84. The SMILES string of the molecule is Cc1ccc(-c2cccc(C(F)(F)F)c2)cc1-n1cc(-c2cncc(OCC=O)c2)cn1. The lowest BCUT2D eigenvalue weighted by molar-refractivity contribution is -0.137. The number of nitrogens with zero attached hydrogens (tertiary/aromatic N) is 3. The molecule has 0 aliphatic carbocycles. The molecule has 0 bridgehead atoms. The largest absolute Gasteiger partial charge is 0.485 e. The van der Waals surface area contributed by atoms with E-state index in [1.807, 2.05) is 19.1 Å². The van der Waals surface area contributed by atoms with Gasteiger partial charge >= 0.3 is 6.18 Å². The quantitative estimate of drug-likeness (QED) is 0.374. The van der Waals surface area contributed by atoms with Crippen molar-refractivity contribution in [1.82, 2.24) is 14.8 Å². The van der Waals surface area contributed by atoms with Gasteiger partial charge in [0.25, 0.3) is 0 Å². The molecule has 4 aromatic rings. The van der Waals surface area contributed by atoms with E-state index < -0.39 is 11.7 Å². The van der Waals surface area contributed by atoms with E-state index in [-0.39, 0.29) is 6.61 Å². The van der Waals surface area contributed by atoms with Crippen molar-refractivity contribution in [3.05, 3.63) is 84.4 Å². The van der Waals surface area contributed by atoms with Gasteiger partial charge in [0, 0.05) is 23.5 Å². The fourth-order valence-electron chi connectivity index (χ4n) is 3.30. The Morgan fingerprint density at radius 2 is 1.78 bits per heavy atom. The Balaban J connectivity index is 1.68. The van der Waals surface area contributed by atoms with Crippen molar-refractivity contribution >= 4 is 6.29 Å². The Hall–Kier alpha value is -3.94. The van der Waals surface area contributed by atoms with Crippen molar-refractivity contribution in [2.75, 3.05) is 6.61 Å². The molecule has 0 aliphatic rings. The van der Waals surface area contributed by atoms with Crippen molar-refractivity contribution < 1.29 is 22.7 Å². The molecule has 0 atom stereocenters. The monoisotopic (exact) mass is 437 g/mol. The molecule has 0 amide bonds. The van der Waals surface area contributed by atoms with E-state index in [1.54, 1.807) is 41.5 Å². The summed E-state index contributed by atoms with van der Waals surface area (Å²) in [5, 5.41) is 4.42. The molecule has 2 aromatic heterocycles. The topological polar surface area (TPSA) is 57.0 Å². The number of carbonyl (C=O) groups is 1. The number of alkyl halides is 3. The molecule has 32 heavy (non-hydrogen) atoms. The lowest BCUT2D eigenvalue weighted by Gasteiger charge is -2.12. The third-order valence-corrected chi connectivity index (χ3v) is 4.93. The van der Waals surface area contributed by atoms with Crippen LogP contribution in [0.15, 0.2) is 73.3 Å². The van der Waals surface area contributed by atoms with E-state index in [0.717, 1.165) is 34.5 Å². The Bertz CT molecular complexity index is 1270. The molecule has 0 N–H and O–H groups in total. The van der Waals surface area contributed by atoms with Crippen LogP contribution in [0.3, 0.4) is 0 Å². The third-order valence-electron chi connectivity index (χ3n) is 4.93. The summed E-state index contributed by atoms with van der Waals surface area (Å²) in [7, 11) is 0.